The van der Waals surface area contributed by atoms with Gasteiger partial charge in [-0.05, 0) is 41.5 Å². The summed E-state index contributed by atoms with van der Waals surface area (Å²) in [4.78, 5) is 24.7. The van der Waals surface area contributed by atoms with Gasteiger partial charge in [0.2, 0.25) is 0 Å². The number of carbonyl (C=O) groups is 2. The number of ether oxygens (including phenoxy) is 1. The number of benzene rings is 2. The van der Waals surface area contributed by atoms with Gasteiger partial charge in [0.15, 0.2) is 5.41 Å². The SMILES string of the molecule is N[C@H]1CCC[C@@](C(=O)O)(C(=O)OCC2c3ccccc3-c3ccccc32)C1. The van der Waals surface area contributed by atoms with Crippen LogP contribution in [0.4, 0.5) is 0 Å². The van der Waals surface area contributed by atoms with Crippen LogP contribution in [0.25, 0.3) is 11.1 Å². The topological polar surface area (TPSA) is 89.6 Å². The summed E-state index contributed by atoms with van der Waals surface area (Å²) in [5.41, 5.74) is 8.94. The standard InChI is InChI=1S/C22H23NO4/c23-14-6-5-11-22(12-14,20(24)25)21(26)27-13-19-17-9-3-1-7-15(17)16-8-2-4-10-18(16)19/h1-4,7-10,14,19H,5-6,11-13,23H2,(H,24,25)/t14-,22+/m0/s1. The van der Waals surface area contributed by atoms with Crippen molar-refractivity contribution in [2.75, 3.05) is 6.61 Å². The Labute approximate surface area is 158 Å². The third kappa shape index (κ3) is 2.92. The van der Waals surface area contributed by atoms with Crippen molar-refractivity contribution in [2.45, 2.75) is 37.6 Å². The molecule has 0 aliphatic heterocycles. The molecular weight excluding hydrogens is 342 g/mol. The first-order valence-corrected chi connectivity index (χ1v) is 9.37. The Bertz CT molecular complexity index is 848. The zero-order valence-electron chi connectivity index (χ0n) is 15.1. The lowest BCUT2D eigenvalue weighted by Gasteiger charge is -2.34. The summed E-state index contributed by atoms with van der Waals surface area (Å²) in [6, 6.07) is 15.9. The molecular formula is C22H23NO4. The first kappa shape index (κ1) is 17.7. The van der Waals surface area contributed by atoms with Crippen LogP contribution in [0, 0.1) is 5.41 Å². The van der Waals surface area contributed by atoms with Gasteiger partial charge < -0.3 is 15.6 Å². The van der Waals surface area contributed by atoms with Crippen LogP contribution in [0.2, 0.25) is 0 Å². The molecule has 5 nitrogen and oxygen atoms in total. The van der Waals surface area contributed by atoms with Crippen molar-refractivity contribution in [2.24, 2.45) is 11.1 Å². The maximum atomic E-state index is 12.8. The monoisotopic (exact) mass is 365 g/mol. The fourth-order valence-electron chi connectivity index (χ4n) is 4.52. The molecule has 140 valence electrons. The summed E-state index contributed by atoms with van der Waals surface area (Å²) >= 11 is 0. The molecule has 1 saturated carbocycles. The number of fused-ring (bicyclic) bond motifs is 3. The van der Waals surface area contributed by atoms with Gasteiger partial charge in [-0.3, -0.25) is 9.59 Å². The molecule has 4 rings (SSSR count). The number of carbonyl (C=O) groups excluding carboxylic acids is 1. The second kappa shape index (κ2) is 6.82. The summed E-state index contributed by atoms with van der Waals surface area (Å²) in [5, 5.41) is 9.73. The lowest BCUT2D eigenvalue weighted by Crippen LogP contribution is -2.48. The largest absolute Gasteiger partial charge is 0.480 e. The van der Waals surface area contributed by atoms with Gasteiger partial charge in [0.25, 0.3) is 0 Å². The molecule has 0 spiro atoms. The average Bonchev–Trinajstić information content (AvgIpc) is 3.00. The highest BCUT2D eigenvalue weighted by Gasteiger charge is 2.50. The number of esters is 1. The van der Waals surface area contributed by atoms with Gasteiger partial charge in [0, 0.05) is 12.0 Å². The Morgan fingerprint density at radius 1 is 1.07 bits per heavy atom. The van der Waals surface area contributed by atoms with E-state index in [1.807, 2.05) is 36.4 Å². The molecule has 0 heterocycles. The van der Waals surface area contributed by atoms with Gasteiger partial charge in [0.1, 0.15) is 6.61 Å². The predicted octanol–water partition coefficient (Wildman–Crippen LogP) is 3.31. The molecule has 0 radical (unpaired) electrons. The molecule has 2 aromatic rings. The van der Waals surface area contributed by atoms with Crippen molar-refractivity contribution in [3.05, 3.63) is 59.7 Å². The molecule has 2 aliphatic carbocycles. The number of nitrogens with two attached hydrogens (primary N) is 1. The van der Waals surface area contributed by atoms with Gasteiger partial charge in [-0.15, -0.1) is 0 Å². The molecule has 0 unspecified atom stereocenters. The minimum Gasteiger partial charge on any atom is -0.480 e. The Morgan fingerprint density at radius 3 is 2.22 bits per heavy atom. The van der Waals surface area contributed by atoms with E-state index in [4.69, 9.17) is 10.5 Å². The second-order valence-electron chi connectivity index (χ2n) is 7.57. The Balaban J connectivity index is 1.58. The molecule has 2 aliphatic rings. The quantitative estimate of drug-likeness (QED) is 0.641. The third-order valence-corrected chi connectivity index (χ3v) is 5.93. The zero-order valence-corrected chi connectivity index (χ0v) is 15.1. The van der Waals surface area contributed by atoms with Crippen LogP contribution in [-0.4, -0.2) is 29.7 Å². The lowest BCUT2D eigenvalue weighted by molar-refractivity contribution is -0.172. The Kier molecular flexibility index (Phi) is 4.48. The van der Waals surface area contributed by atoms with Crippen LogP contribution in [0.5, 0.6) is 0 Å². The minimum absolute atomic E-state index is 0.0792. The second-order valence-corrected chi connectivity index (χ2v) is 7.57. The maximum absolute atomic E-state index is 12.8. The van der Waals surface area contributed by atoms with E-state index in [1.54, 1.807) is 0 Å². The first-order chi connectivity index (χ1) is 13.0. The molecule has 3 N–H and O–H groups in total. The third-order valence-electron chi connectivity index (χ3n) is 5.93. The average molecular weight is 365 g/mol. The van der Waals surface area contributed by atoms with E-state index in [-0.39, 0.29) is 31.4 Å². The summed E-state index contributed by atoms with van der Waals surface area (Å²) in [5.74, 6) is -1.87. The van der Waals surface area contributed by atoms with Crippen molar-refractivity contribution in [3.63, 3.8) is 0 Å². The van der Waals surface area contributed by atoms with Crippen LogP contribution in [-0.2, 0) is 14.3 Å². The lowest BCUT2D eigenvalue weighted by atomic mass is 9.72. The van der Waals surface area contributed by atoms with Gasteiger partial charge >= 0.3 is 11.9 Å². The minimum atomic E-state index is -1.52. The highest BCUT2D eigenvalue weighted by atomic mass is 16.5. The van der Waals surface area contributed by atoms with Crippen molar-refractivity contribution in [3.8, 4) is 11.1 Å². The molecule has 5 heteroatoms. The number of hydrogen-bond acceptors (Lipinski definition) is 4. The molecule has 2 aromatic carbocycles. The van der Waals surface area contributed by atoms with Crippen LogP contribution >= 0.6 is 0 Å². The molecule has 0 aromatic heterocycles. The number of rotatable bonds is 4. The summed E-state index contributed by atoms with van der Waals surface area (Å²) in [7, 11) is 0. The van der Waals surface area contributed by atoms with Crippen molar-refractivity contribution >= 4 is 11.9 Å². The molecule has 1 fully saturated rings. The zero-order chi connectivity index (χ0) is 19.0. The molecule has 2 atom stereocenters. The number of carboxylic acids is 1. The fraction of sp³-hybridized carbons (Fsp3) is 0.364. The van der Waals surface area contributed by atoms with Crippen LogP contribution in [0.3, 0.4) is 0 Å². The number of hydrogen-bond donors (Lipinski definition) is 2. The van der Waals surface area contributed by atoms with E-state index in [9.17, 15) is 14.7 Å². The maximum Gasteiger partial charge on any atom is 0.323 e. The summed E-state index contributed by atoms with van der Waals surface area (Å²) in [6.45, 7) is 0.136. The van der Waals surface area contributed by atoms with E-state index >= 15 is 0 Å². The molecule has 0 saturated heterocycles. The van der Waals surface area contributed by atoms with Crippen molar-refractivity contribution < 1.29 is 19.4 Å². The van der Waals surface area contributed by atoms with E-state index in [1.165, 1.54) is 0 Å². The number of aliphatic carboxylic acids is 1. The predicted molar refractivity (Wildman–Crippen MR) is 101 cm³/mol. The van der Waals surface area contributed by atoms with Crippen LogP contribution in [0.15, 0.2) is 48.5 Å². The van der Waals surface area contributed by atoms with Gasteiger partial charge in [-0.25, -0.2) is 0 Å². The smallest absolute Gasteiger partial charge is 0.323 e. The summed E-state index contributed by atoms with van der Waals surface area (Å²) in [6.07, 6.45) is 1.79. The van der Waals surface area contributed by atoms with Gasteiger partial charge in [-0.2, -0.15) is 0 Å². The van der Waals surface area contributed by atoms with E-state index in [2.05, 4.69) is 12.1 Å². The Morgan fingerprint density at radius 2 is 1.67 bits per heavy atom. The number of carboxylic acid groups (broad SMARTS) is 1. The van der Waals surface area contributed by atoms with Crippen LogP contribution in [0.1, 0.15) is 42.7 Å². The van der Waals surface area contributed by atoms with Crippen molar-refractivity contribution in [1.82, 2.24) is 0 Å². The van der Waals surface area contributed by atoms with E-state index < -0.39 is 17.4 Å². The van der Waals surface area contributed by atoms with Gasteiger partial charge in [-0.1, -0.05) is 55.0 Å². The van der Waals surface area contributed by atoms with E-state index in [0.29, 0.717) is 6.42 Å². The normalized spacial score (nSPS) is 24.1. The Hall–Kier alpha value is -2.66. The highest BCUT2D eigenvalue weighted by molar-refractivity contribution is 5.99. The molecule has 0 bridgehead atoms. The van der Waals surface area contributed by atoms with E-state index in [0.717, 1.165) is 28.7 Å². The van der Waals surface area contributed by atoms with Gasteiger partial charge in [0.05, 0.1) is 0 Å². The first-order valence-electron chi connectivity index (χ1n) is 9.37. The highest BCUT2D eigenvalue weighted by Crippen LogP contribution is 2.45. The van der Waals surface area contributed by atoms with Crippen molar-refractivity contribution in [1.29, 1.82) is 0 Å². The summed E-state index contributed by atoms with van der Waals surface area (Å²) < 4.78 is 5.62. The fourth-order valence-corrected chi connectivity index (χ4v) is 4.52. The molecule has 0 amide bonds. The van der Waals surface area contributed by atoms with Crippen LogP contribution < -0.4 is 5.73 Å². The molecule has 27 heavy (non-hydrogen) atoms.